The summed E-state index contributed by atoms with van der Waals surface area (Å²) in [6, 6.07) is 24.5. The molecule has 1 unspecified atom stereocenters. The molecule has 0 aliphatic heterocycles. The van der Waals surface area contributed by atoms with Crippen LogP contribution in [-0.2, 0) is 6.42 Å². The van der Waals surface area contributed by atoms with E-state index in [1.165, 1.54) is 32.8 Å². The molecule has 0 amide bonds. The zero-order valence-corrected chi connectivity index (χ0v) is 14.6. The molecular formula is C23H24N2. The third-order valence-electron chi connectivity index (χ3n) is 5.05. The second-order valence-electron chi connectivity index (χ2n) is 6.63. The molecule has 2 heteroatoms. The van der Waals surface area contributed by atoms with Gasteiger partial charge in [0.25, 0.3) is 0 Å². The van der Waals surface area contributed by atoms with Gasteiger partial charge in [-0.15, -0.1) is 0 Å². The van der Waals surface area contributed by atoms with E-state index < -0.39 is 0 Å². The van der Waals surface area contributed by atoms with Crippen molar-refractivity contribution in [1.82, 2.24) is 10.3 Å². The fourth-order valence-electron chi connectivity index (χ4n) is 3.68. The lowest BCUT2D eigenvalue weighted by molar-refractivity contribution is 0.523. The van der Waals surface area contributed by atoms with Gasteiger partial charge in [-0.1, -0.05) is 55.5 Å². The van der Waals surface area contributed by atoms with Gasteiger partial charge in [-0.2, -0.15) is 0 Å². The van der Waals surface area contributed by atoms with Gasteiger partial charge in [-0.3, -0.25) is 0 Å². The molecule has 3 aromatic carbocycles. The van der Waals surface area contributed by atoms with Gasteiger partial charge in [0.05, 0.1) is 0 Å². The van der Waals surface area contributed by atoms with Gasteiger partial charge in [-0.05, 0) is 64.9 Å². The molecule has 2 nitrogen and oxygen atoms in total. The van der Waals surface area contributed by atoms with Gasteiger partial charge >= 0.3 is 0 Å². The molecule has 0 spiro atoms. The van der Waals surface area contributed by atoms with Crippen LogP contribution in [0.2, 0.25) is 0 Å². The standard InChI is InChI=1S/C23H24N2/c1-2-22(19-10-11-23-20(16-19)13-15-25-23)24-14-12-18-8-5-7-17-6-3-4-9-21(17)18/h3-11,13,15-16,22,24-25H,2,12,14H2,1H3. The monoisotopic (exact) mass is 328 g/mol. The molecule has 1 aromatic heterocycles. The number of hydrogen-bond acceptors (Lipinski definition) is 1. The van der Waals surface area contributed by atoms with Gasteiger partial charge < -0.3 is 10.3 Å². The molecule has 0 aliphatic carbocycles. The van der Waals surface area contributed by atoms with Crippen molar-refractivity contribution in [3.8, 4) is 0 Å². The number of benzene rings is 3. The van der Waals surface area contributed by atoms with Crippen LogP contribution in [0.25, 0.3) is 21.7 Å². The van der Waals surface area contributed by atoms with Gasteiger partial charge in [0, 0.05) is 17.8 Å². The first-order valence-electron chi connectivity index (χ1n) is 9.12. The number of aromatic nitrogens is 1. The van der Waals surface area contributed by atoms with Crippen molar-refractivity contribution in [3.05, 3.63) is 84.1 Å². The van der Waals surface area contributed by atoms with Crippen LogP contribution in [0.3, 0.4) is 0 Å². The summed E-state index contributed by atoms with van der Waals surface area (Å²) in [6.07, 6.45) is 4.14. The topological polar surface area (TPSA) is 27.8 Å². The molecule has 4 aromatic rings. The Bertz CT molecular complexity index is 978. The van der Waals surface area contributed by atoms with Crippen molar-refractivity contribution >= 4 is 21.7 Å². The Labute approximate surface area is 148 Å². The van der Waals surface area contributed by atoms with Crippen LogP contribution in [0, 0.1) is 0 Å². The molecule has 126 valence electrons. The molecule has 4 rings (SSSR count). The van der Waals surface area contributed by atoms with Gasteiger partial charge in [-0.25, -0.2) is 0 Å². The van der Waals surface area contributed by atoms with Crippen LogP contribution in [0.4, 0.5) is 0 Å². The van der Waals surface area contributed by atoms with E-state index in [1.807, 2.05) is 6.20 Å². The average Bonchev–Trinajstić information content (AvgIpc) is 3.13. The van der Waals surface area contributed by atoms with Crippen molar-refractivity contribution in [3.63, 3.8) is 0 Å². The molecule has 0 saturated heterocycles. The molecule has 0 radical (unpaired) electrons. The summed E-state index contributed by atoms with van der Waals surface area (Å²) in [5, 5.41) is 7.72. The third kappa shape index (κ3) is 3.31. The van der Waals surface area contributed by atoms with Gasteiger partial charge in [0.2, 0.25) is 0 Å². The van der Waals surface area contributed by atoms with E-state index in [0.717, 1.165) is 19.4 Å². The van der Waals surface area contributed by atoms with Crippen LogP contribution >= 0.6 is 0 Å². The predicted molar refractivity (Wildman–Crippen MR) is 107 cm³/mol. The normalized spacial score (nSPS) is 12.7. The Morgan fingerprint density at radius 2 is 1.80 bits per heavy atom. The Balaban J connectivity index is 1.47. The lowest BCUT2D eigenvalue weighted by atomic mass is 10.0. The molecular weight excluding hydrogens is 304 g/mol. The molecule has 25 heavy (non-hydrogen) atoms. The zero-order valence-electron chi connectivity index (χ0n) is 14.6. The number of nitrogens with one attached hydrogen (secondary N) is 2. The van der Waals surface area contributed by atoms with E-state index in [0.29, 0.717) is 6.04 Å². The number of aromatic amines is 1. The maximum Gasteiger partial charge on any atom is 0.0454 e. The van der Waals surface area contributed by atoms with E-state index >= 15 is 0 Å². The Kier molecular flexibility index (Phi) is 4.53. The lowest BCUT2D eigenvalue weighted by Crippen LogP contribution is -2.23. The molecule has 2 N–H and O–H groups in total. The highest BCUT2D eigenvalue weighted by atomic mass is 14.9. The lowest BCUT2D eigenvalue weighted by Gasteiger charge is -2.18. The second-order valence-corrected chi connectivity index (χ2v) is 6.63. The van der Waals surface area contributed by atoms with Crippen molar-refractivity contribution in [2.75, 3.05) is 6.54 Å². The minimum Gasteiger partial charge on any atom is -0.361 e. The fourth-order valence-corrected chi connectivity index (χ4v) is 3.68. The summed E-state index contributed by atoms with van der Waals surface area (Å²) in [6.45, 7) is 3.23. The molecule has 0 bridgehead atoms. The highest BCUT2D eigenvalue weighted by Crippen LogP contribution is 2.23. The summed E-state index contributed by atoms with van der Waals surface area (Å²) < 4.78 is 0. The Hall–Kier alpha value is -2.58. The van der Waals surface area contributed by atoms with Crippen LogP contribution < -0.4 is 5.32 Å². The second kappa shape index (κ2) is 7.12. The highest BCUT2D eigenvalue weighted by molar-refractivity contribution is 5.85. The van der Waals surface area contributed by atoms with Crippen molar-refractivity contribution in [2.24, 2.45) is 0 Å². The fraction of sp³-hybridized carbons (Fsp3) is 0.217. The van der Waals surface area contributed by atoms with Crippen molar-refractivity contribution in [2.45, 2.75) is 25.8 Å². The molecule has 1 heterocycles. The minimum atomic E-state index is 0.397. The SMILES string of the molecule is CCC(NCCc1cccc2ccccc12)c1ccc2[nH]ccc2c1. The predicted octanol–water partition coefficient (Wildman–Crippen LogP) is 5.60. The first kappa shape index (κ1) is 15.9. The summed E-state index contributed by atoms with van der Waals surface area (Å²) >= 11 is 0. The first-order valence-corrected chi connectivity index (χ1v) is 9.12. The number of hydrogen-bond donors (Lipinski definition) is 2. The smallest absolute Gasteiger partial charge is 0.0454 e. The highest BCUT2D eigenvalue weighted by Gasteiger charge is 2.10. The summed E-state index contributed by atoms with van der Waals surface area (Å²) in [5.41, 5.74) is 3.99. The van der Waals surface area contributed by atoms with E-state index in [1.54, 1.807) is 0 Å². The first-order chi connectivity index (χ1) is 12.3. The van der Waals surface area contributed by atoms with E-state index in [4.69, 9.17) is 0 Å². The Morgan fingerprint density at radius 1 is 0.920 bits per heavy atom. The summed E-state index contributed by atoms with van der Waals surface area (Å²) in [7, 11) is 0. The van der Waals surface area contributed by atoms with Crippen LogP contribution in [0.15, 0.2) is 72.9 Å². The third-order valence-corrected chi connectivity index (χ3v) is 5.05. The minimum absolute atomic E-state index is 0.397. The molecule has 0 aliphatic rings. The Morgan fingerprint density at radius 3 is 2.72 bits per heavy atom. The summed E-state index contributed by atoms with van der Waals surface area (Å²) in [4.78, 5) is 3.26. The largest absolute Gasteiger partial charge is 0.361 e. The van der Waals surface area contributed by atoms with E-state index in [2.05, 4.69) is 84.0 Å². The van der Waals surface area contributed by atoms with Gasteiger partial charge in [0.15, 0.2) is 0 Å². The van der Waals surface area contributed by atoms with Crippen LogP contribution in [0.5, 0.6) is 0 Å². The van der Waals surface area contributed by atoms with Crippen molar-refractivity contribution < 1.29 is 0 Å². The van der Waals surface area contributed by atoms with E-state index in [-0.39, 0.29) is 0 Å². The van der Waals surface area contributed by atoms with Crippen LogP contribution in [-0.4, -0.2) is 11.5 Å². The quantitative estimate of drug-likeness (QED) is 0.473. The molecule has 1 atom stereocenters. The average molecular weight is 328 g/mol. The van der Waals surface area contributed by atoms with Crippen LogP contribution in [0.1, 0.15) is 30.5 Å². The van der Waals surface area contributed by atoms with Gasteiger partial charge in [0.1, 0.15) is 0 Å². The molecule has 0 saturated carbocycles. The zero-order chi connectivity index (χ0) is 17.1. The van der Waals surface area contributed by atoms with E-state index in [9.17, 15) is 0 Å². The molecule has 0 fully saturated rings. The number of fused-ring (bicyclic) bond motifs is 2. The maximum absolute atomic E-state index is 3.75. The number of H-pyrrole nitrogens is 1. The summed E-state index contributed by atoms with van der Waals surface area (Å²) in [5.74, 6) is 0. The number of rotatable bonds is 6. The van der Waals surface area contributed by atoms with Crippen molar-refractivity contribution in [1.29, 1.82) is 0 Å². The maximum atomic E-state index is 3.75.